The van der Waals surface area contributed by atoms with Gasteiger partial charge in [-0.15, -0.1) is 0 Å². The fourth-order valence-electron chi connectivity index (χ4n) is 2.94. The van der Waals surface area contributed by atoms with Crippen molar-refractivity contribution in [3.8, 4) is 17.2 Å². The largest absolute Gasteiger partial charge is 0.484 e. The second-order valence-electron chi connectivity index (χ2n) is 6.75. The summed E-state index contributed by atoms with van der Waals surface area (Å²) >= 11 is 0. The van der Waals surface area contributed by atoms with Crippen LogP contribution in [-0.2, 0) is 4.79 Å². The third kappa shape index (κ3) is 4.70. The quantitative estimate of drug-likeness (QED) is 0.649. The molecule has 3 aromatic rings. The van der Waals surface area contributed by atoms with Crippen molar-refractivity contribution in [2.24, 2.45) is 0 Å². The second-order valence-corrected chi connectivity index (χ2v) is 6.75. The lowest BCUT2D eigenvalue weighted by Crippen LogP contribution is -2.20. The number of carbonyl (C=O) groups excluding carboxylic acids is 2. The summed E-state index contributed by atoms with van der Waals surface area (Å²) in [6.45, 7) is 1.96. The topological polar surface area (TPSA) is 85.9 Å². The van der Waals surface area contributed by atoms with E-state index in [9.17, 15) is 9.59 Å². The molecule has 0 bridgehead atoms. The molecule has 7 heteroatoms. The van der Waals surface area contributed by atoms with Gasteiger partial charge < -0.3 is 24.8 Å². The van der Waals surface area contributed by atoms with E-state index >= 15 is 0 Å². The first kappa shape index (κ1) is 19.3. The van der Waals surface area contributed by atoms with E-state index in [4.69, 9.17) is 14.2 Å². The summed E-state index contributed by atoms with van der Waals surface area (Å²) in [4.78, 5) is 24.4. The van der Waals surface area contributed by atoms with Gasteiger partial charge >= 0.3 is 0 Å². The van der Waals surface area contributed by atoms with E-state index in [2.05, 4.69) is 10.6 Å². The van der Waals surface area contributed by atoms with Gasteiger partial charge in [0.2, 0.25) is 6.79 Å². The highest BCUT2D eigenvalue weighted by Crippen LogP contribution is 2.34. The molecule has 0 saturated carbocycles. The van der Waals surface area contributed by atoms with E-state index in [0.717, 1.165) is 5.56 Å². The number of carbonyl (C=O) groups is 2. The fourth-order valence-corrected chi connectivity index (χ4v) is 2.94. The lowest BCUT2D eigenvalue weighted by molar-refractivity contribution is -0.118. The number of aryl methyl sites for hydroxylation is 1. The minimum atomic E-state index is -0.300. The number of benzene rings is 3. The summed E-state index contributed by atoms with van der Waals surface area (Å²) in [5, 5.41) is 5.58. The molecule has 30 heavy (non-hydrogen) atoms. The molecular formula is C23H20N2O5. The summed E-state index contributed by atoms with van der Waals surface area (Å²) in [7, 11) is 0. The third-order valence-corrected chi connectivity index (χ3v) is 4.42. The molecule has 1 aliphatic rings. The predicted octanol–water partition coefficient (Wildman–Crippen LogP) is 3.99. The Morgan fingerprint density at radius 2 is 1.67 bits per heavy atom. The number of amides is 2. The molecule has 0 saturated heterocycles. The maximum Gasteiger partial charge on any atom is 0.262 e. The van der Waals surface area contributed by atoms with Crippen molar-refractivity contribution >= 4 is 23.2 Å². The van der Waals surface area contributed by atoms with Crippen LogP contribution in [0.25, 0.3) is 0 Å². The molecular weight excluding hydrogens is 384 g/mol. The molecule has 0 unspecified atom stereocenters. The predicted molar refractivity (Wildman–Crippen MR) is 112 cm³/mol. The summed E-state index contributed by atoms with van der Waals surface area (Å²) in [5.74, 6) is 1.28. The Hall–Kier alpha value is -4.00. The van der Waals surface area contributed by atoms with Gasteiger partial charge in [-0.05, 0) is 55.5 Å². The van der Waals surface area contributed by atoms with Crippen LogP contribution in [0.3, 0.4) is 0 Å². The fraction of sp³-hybridized carbons (Fsp3) is 0.130. The van der Waals surface area contributed by atoms with Crippen LogP contribution in [0.5, 0.6) is 17.2 Å². The van der Waals surface area contributed by atoms with Gasteiger partial charge in [0.15, 0.2) is 18.1 Å². The zero-order valence-corrected chi connectivity index (χ0v) is 16.3. The Labute approximate surface area is 173 Å². The van der Waals surface area contributed by atoms with Gasteiger partial charge in [-0.1, -0.05) is 17.7 Å². The lowest BCUT2D eigenvalue weighted by atomic mass is 10.1. The monoisotopic (exact) mass is 404 g/mol. The molecule has 3 aromatic carbocycles. The zero-order valence-electron chi connectivity index (χ0n) is 16.3. The van der Waals surface area contributed by atoms with E-state index in [1.165, 1.54) is 0 Å². The normalized spacial score (nSPS) is 11.6. The van der Waals surface area contributed by atoms with Crippen LogP contribution in [0, 0.1) is 6.92 Å². The number of hydrogen-bond acceptors (Lipinski definition) is 5. The van der Waals surface area contributed by atoms with Gasteiger partial charge in [0.25, 0.3) is 11.8 Å². The van der Waals surface area contributed by atoms with E-state index in [-0.39, 0.29) is 25.2 Å². The minimum absolute atomic E-state index is 0.149. The first-order valence-electron chi connectivity index (χ1n) is 9.37. The van der Waals surface area contributed by atoms with E-state index in [0.29, 0.717) is 34.2 Å². The van der Waals surface area contributed by atoms with Gasteiger partial charge in [-0.25, -0.2) is 0 Å². The summed E-state index contributed by atoms with van der Waals surface area (Å²) in [6.07, 6.45) is 0. The van der Waals surface area contributed by atoms with E-state index in [1.54, 1.807) is 48.5 Å². The SMILES string of the molecule is Cc1cccc(C(=O)Nc2ccc(OCC(=O)Nc3ccc4c(c3)OCO4)cc2)c1. The van der Waals surface area contributed by atoms with Crippen LogP contribution < -0.4 is 24.8 Å². The Kier molecular flexibility index (Phi) is 5.52. The van der Waals surface area contributed by atoms with Gasteiger partial charge in [0, 0.05) is 23.0 Å². The number of fused-ring (bicyclic) bond motifs is 1. The molecule has 152 valence electrons. The van der Waals surface area contributed by atoms with Crippen molar-refractivity contribution in [1.29, 1.82) is 0 Å². The molecule has 1 heterocycles. The average molecular weight is 404 g/mol. The Morgan fingerprint density at radius 1 is 0.900 bits per heavy atom. The molecule has 0 fully saturated rings. The maximum absolute atomic E-state index is 12.3. The van der Waals surface area contributed by atoms with Crippen molar-refractivity contribution in [3.63, 3.8) is 0 Å². The molecule has 0 aromatic heterocycles. The van der Waals surface area contributed by atoms with Crippen molar-refractivity contribution in [2.45, 2.75) is 6.92 Å². The molecule has 2 N–H and O–H groups in total. The van der Waals surface area contributed by atoms with Crippen molar-refractivity contribution in [1.82, 2.24) is 0 Å². The molecule has 0 aliphatic carbocycles. The minimum Gasteiger partial charge on any atom is -0.484 e. The maximum atomic E-state index is 12.3. The highest BCUT2D eigenvalue weighted by atomic mass is 16.7. The van der Waals surface area contributed by atoms with Crippen LogP contribution in [0.2, 0.25) is 0 Å². The highest BCUT2D eigenvalue weighted by molar-refractivity contribution is 6.04. The van der Waals surface area contributed by atoms with Gasteiger partial charge in [-0.3, -0.25) is 9.59 Å². The highest BCUT2D eigenvalue weighted by Gasteiger charge is 2.14. The Balaban J connectivity index is 1.28. The average Bonchev–Trinajstić information content (AvgIpc) is 3.21. The molecule has 2 amide bonds. The summed E-state index contributed by atoms with van der Waals surface area (Å²) < 4.78 is 16.0. The Bertz CT molecular complexity index is 1080. The molecule has 0 atom stereocenters. The van der Waals surface area contributed by atoms with Gasteiger partial charge in [0.1, 0.15) is 5.75 Å². The molecule has 4 rings (SSSR count). The number of nitrogens with one attached hydrogen (secondary N) is 2. The molecule has 7 nitrogen and oxygen atoms in total. The first-order chi connectivity index (χ1) is 14.6. The summed E-state index contributed by atoms with van der Waals surface area (Å²) in [5.41, 5.74) is 2.85. The van der Waals surface area contributed by atoms with Gasteiger partial charge in [0.05, 0.1) is 0 Å². The molecule has 0 radical (unpaired) electrons. The van der Waals surface area contributed by atoms with Crippen LogP contribution >= 0.6 is 0 Å². The number of hydrogen-bond donors (Lipinski definition) is 2. The number of ether oxygens (including phenoxy) is 3. The second kappa shape index (κ2) is 8.57. The zero-order chi connectivity index (χ0) is 20.9. The van der Waals surface area contributed by atoms with E-state index < -0.39 is 0 Å². The van der Waals surface area contributed by atoms with E-state index in [1.807, 2.05) is 25.1 Å². The smallest absolute Gasteiger partial charge is 0.262 e. The van der Waals surface area contributed by atoms with Gasteiger partial charge in [-0.2, -0.15) is 0 Å². The van der Waals surface area contributed by atoms with Crippen LogP contribution in [0.1, 0.15) is 15.9 Å². The summed E-state index contributed by atoms with van der Waals surface area (Å²) in [6, 6.07) is 19.4. The first-order valence-corrected chi connectivity index (χ1v) is 9.37. The molecule has 0 spiro atoms. The van der Waals surface area contributed by atoms with Crippen LogP contribution in [0.4, 0.5) is 11.4 Å². The molecule has 1 aliphatic heterocycles. The van der Waals surface area contributed by atoms with Crippen LogP contribution in [-0.4, -0.2) is 25.2 Å². The van der Waals surface area contributed by atoms with Crippen molar-refractivity contribution < 1.29 is 23.8 Å². The standard InChI is InChI=1S/C23H20N2O5/c1-15-3-2-4-16(11-15)23(27)25-17-5-8-19(9-6-17)28-13-22(26)24-18-7-10-20-21(12-18)30-14-29-20/h2-12H,13-14H2,1H3,(H,24,26)(H,25,27). The third-order valence-electron chi connectivity index (χ3n) is 4.42. The number of rotatable bonds is 6. The number of anilines is 2. The Morgan fingerprint density at radius 3 is 2.47 bits per heavy atom. The van der Waals surface area contributed by atoms with Crippen LogP contribution in [0.15, 0.2) is 66.7 Å². The van der Waals surface area contributed by atoms with Crippen molar-refractivity contribution in [2.75, 3.05) is 24.0 Å². The lowest BCUT2D eigenvalue weighted by Gasteiger charge is -2.09. The van der Waals surface area contributed by atoms with Crippen molar-refractivity contribution in [3.05, 3.63) is 77.9 Å².